The minimum Gasteiger partial charge on any atom is -0.508 e. The van der Waals surface area contributed by atoms with Crippen LogP contribution in [0.2, 0.25) is 0 Å². The highest BCUT2D eigenvalue weighted by molar-refractivity contribution is 5.94. The second kappa shape index (κ2) is 19.8. The Hall–Kier alpha value is -5.78. The Morgan fingerprint density at radius 1 is 0.780 bits per heavy atom. The minimum absolute atomic E-state index is 0.0292. The second-order valence-electron chi connectivity index (χ2n) is 17.4. The van der Waals surface area contributed by atoms with E-state index in [9.17, 15) is 49.2 Å². The van der Waals surface area contributed by atoms with Gasteiger partial charge in [0.2, 0.25) is 17.7 Å². The highest BCUT2D eigenvalue weighted by Crippen LogP contribution is 2.31. The molecule has 3 rings (SSSR count). The lowest BCUT2D eigenvalue weighted by Crippen LogP contribution is -2.58. The number of aromatic hydroxyl groups is 2. The Morgan fingerprint density at radius 3 is 1.83 bits per heavy atom. The molecule has 0 saturated heterocycles. The van der Waals surface area contributed by atoms with Gasteiger partial charge in [0.25, 0.3) is 0 Å². The van der Waals surface area contributed by atoms with Gasteiger partial charge in [-0.3, -0.25) is 14.4 Å². The van der Waals surface area contributed by atoms with Crippen molar-refractivity contribution in [3.63, 3.8) is 0 Å². The SMILES string of the molecule is CC(C)(C)OC(=O)NCC(O)CNC(=O)[C@@H]1Cc2cc(ccc2O)-c2ccc(O)c(c2)C[C@H](NC(=O)OC(C)(C)C)C(=O)N[C@@H](CCCN(C(=O)O)C(C)(C)C)C(=O)N1. The van der Waals surface area contributed by atoms with E-state index in [1.54, 1.807) is 86.6 Å². The summed E-state index contributed by atoms with van der Waals surface area (Å²) in [5.41, 5.74) is -0.931. The lowest BCUT2D eigenvalue weighted by atomic mass is 9.95. The molecule has 0 aromatic heterocycles. The average Bonchev–Trinajstić information content (AvgIpc) is 3.09. The minimum atomic E-state index is -1.41. The van der Waals surface area contributed by atoms with E-state index in [1.165, 1.54) is 17.0 Å². The van der Waals surface area contributed by atoms with Crippen LogP contribution in [0.4, 0.5) is 14.4 Å². The Morgan fingerprint density at radius 2 is 1.31 bits per heavy atom. The molecule has 1 heterocycles. The number of carbonyl (C=O) groups is 6. The zero-order valence-corrected chi connectivity index (χ0v) is 35.2. The predicted octanol–water partition coefficient (Wildman–Crippen LogP) is 3.29. The fourth-order valence-corrected chi connectivity index (χ4v) is 6.08. The number of phenolic OH excluding ortho intramolecular Hbond substituents is 2. The number of carbonyl (C=O) groups excluding carboxylic acids is 5. The van der Waals surface area contributed by atoms with Crippen molar-refractivity contribution in [3.05, 3.63) is 47.5 Å². The van der Waals surface area contributed by atoms with Gasteiger partial charge in [0.05, 0.1) is 6.10 Å². The van der Waals surface area contributed by atoms with Crippen molar-refractivity contribution in [3.8, 4) is 22.6 Å². The van der Waals surface area contributed by atoms with Crippen molar-refractivity contribution in [1.29, 1.82) is 0 Å². The maximum absolute atomic E-state index is 14.2. The van der Waals surface area contributed by atoms with Crippen molar-refractivity contribution in [2.45, 2.75) is 129 Å². The summed E-state index contributed by atoms with van der Waals surface area (Å²) in [7, 11) is 0. The Labute approximate surface area is 344 Å². The average molecular weight is 829 g/mol. The molecule has 0 fully saturated rings. The molecule has 0 radical (unpaired) electrons. The van der Waals surface area contributed by atoms with E-state index in [0.29, 0.717) is 11.1 Å². The number of hydrogen-bond donors (Lipinski definition) is 9. The quantitative estimate of drug-likeness (QED) is 0.167. The van der Waals surface area contributed by atoms with Crippen LogP contribution in [0.3, 0.4) is 0 Å². The predicted molar refractivity (Wildman–Crippen MR) is 217 cm³/mol. The summed E-state index contributed by atoms with van der Waals surface area (Å²) in [5, 5.41) is 55.1. The van der Waals surface area contributed by atoms with E-state index < -0.39 is 77.0 Å². The standard InChI is InChI=1S/C41H60N6O12/c1-39(2,3)47(38(56)57)16-10-11-28-34(52)45-29(33(51)42-21-27(48)22-43-36(54)58-40(4,5)6)19-25-17-23(12-14-31(25)49)24-13-15-32(50)26(18-24)20-30(35(53)44-28)46-37(55)59-41(7,8)9/h12-15,17-18,27-30,48-50H,10-11,16,19-22H2,1-9H3,(H,42,51)(H,43,54)(H,44,53)(H,45,52)(H,46,55)(H,56,57)/t27?,28-,29-,30-/m0/s1. The second-order valence-corrected chi connectivity index (χ2v) is 17.4. The number of nitrogens with zero attached hydrogens (tertiary/aromatic N) is 1. The van der Waals surface area contributed by atoms with Crippen molar-refractivity contribution in [2.75, 3.05) is 19.6 Å². The van der Waals surface area contributed by atoms with Crippen LogP contribution in [0.1, 0.15) is 86.3 Å². The molecule has 59 heavy (non-hydrogen) atoms. The molecule has 326 valence electrons. The highest BCUT2D eigenvalue weighted by atomic mass is 16.6. The fourth-order valence-electron chi connectivity index (χ4n) is 6.08. The Kier molecular flexibility index (Phi) is 16.0. The summed E-state index contributed by atoms with van der Waals surface area (Å²) >= 11 is 0. The van der Waals surface area contributed by atoms with Gasteiger partial charge in [0.15, 0.2) is 0 Å². The first kappa shape index (κ1) is 47.6. The van der Waals surface area contributed by atoms with Crippen LogP contribution >= 0.6 is 0 Å². The maximum atomic E-state index is 14.2. The molecule has 1 unspecified atom stereocenters. The van der Waals surface area contributed by atoms with Gasteiger partial charge in [-0.05, 0) is 122 Å². The highest BCUT2D eigenvalue weighted by Gasteiger charge is 2.33. The monoisotopic (exact) mass is 828 g/mol. The van der Waals surface area contributed by atoms with E-state index in [4.69, 9.17) is 9.47 Å². The maximum Gasteiger partial charge on any atom is 0.408 e. The smallest absolute Gasteiger partial charge is 0.408 e. The Balaban J connectivity index is 2.06. The first-order chi connectivity index (χ1) is 27.2. The van der Waals surface area contributed by atoms with Crippen LogP contribution in [-0.4, -0.2) is 122 Å². The van der Waals surface area contributed by atoms with E-state index in [2.05, 4.69) is 26.6 Å². The summed E-state index contributed by atoms with van der Waals surface area (Å²) in [6, 6.07) is 5.02. The number of carboxylic acid groups (broad SMARTS) is 1. The zero-order valence-electron chi connectivity index (χ0n) is 35.2. The molecule has 6 amide bonds. The van der Waals surface area contributed by atoms with Crippen LogP contribution in [0, 0.1) is 0 Å². The molecule has 18 heteroatoms. The largest absolute Gasteiger partial charge is 0.508 e. The number of aliphatic hydroxyl groups excluding tert-OH is 1. The van der Waals surface area contributed by atoms with Crippen LogP contribution in [0.15, 0.2) is 36.4 Å². The molecule has 4 bridgehead atoms. The van der Waals surface area contributed by atoms with Gasteiger partial charge in [-0.2, -0.15) is 0 Å². The van der Waals surface area contributed by atoms with Crippen LogP contribution in [0.25, 0.3) is 11.1 Å². The molecule has 4 atom stereocenters. The fraction of sp³-hybridized carbons (Fsp3) is 0.561. The van der Waals surface area contributed by atoms with Crippen molar-refractivity contribution >= 4 is 36.0 Å². The summed E-state index contributed by atoms with van der Waals surface area (Å²) < 4.78 is 10.6. The van der Waals surface area contributed by atoms with E-state index in [1.807, 2.05) is 0 Å². The van der Waals surface area contributed by atoms with Crippen molar-refractivity contribution < 1.29 is 58.7 Å². The lowest BCUT2D eigenvalue weighted by Gasteiger charge is -2.33. The third-order valence-corrected chi connectivity index (χ3v) is 8.92. The number of aliphatic hydroxyl groups is 1. The number of phenols is 2. The Bertz CT molecular complexity index is 1850. The van der Waals surface area contributed by atoms with Gasteiger partial charge < -0.3 is 61.4 Å². The van der Waals surface area contributed by atoms with Gasteiger partial charge in [0, 0.05) is 38.0 Å². The molecule has 0 aliphatic carbocycles. The van der Waals surface area contributed by atoms with Gasteiger partial charge >= 0.3 is 18.3 Å². The summed E-state index contributed by atoms with van der Waals surface area (Å²) in [4.78, 5) is 80.6. The molecule has 9 N–H and O–H groups in total. The van der Waals surface area contributed by atoms with Crippen LogP contribution in [-0.2, 0) is 36.7 Å². The molecule has 0 spiro atoms. The number of ether oxygens (including phenoxy) is 2. The number of fused-ring (bicyclic) bond motifs is 5. The topological polar surface area (TPSA) is 265 Å². The zero-order chi connectivity index (χ0) is 44.5. The van der Waals surface area contributed by atoms with E-state index >= 15 is 0 Å². The van der Waals surface area contributed by atoms with Gasteiger partial charge in [0.1, 0.15) is 40.8 Å². The first-order valence-electron chi connectivity index (χ1n) is 19.4. The van der Waals surface area contributed by atoms with E-state index in [0.717, 1.165) is 0 Å². The number of benzene rings is 2. The third-order valence-electron chi connectivity index (χ3n) is 8.92. The molecule has 1 aliphatic rings. The number of rotatable bonds is 10. The normalized spacial score (nSPS) is 18.1. The van der Waals surface area contributed by atoms with Gasteiger partial charge in [-0.1, -0.05) is 12.1 Å². The number of amides is 6. The number of nitrogens with one attached hydrogen (secondary N) is 5. The summed E-state index contributed by atoms with van der Waals surface area (Å²) in [6.45, 7) is 14.4. The molecule has 18 nitrogen and oxygen atoms in total. The molecular weight excluding hydrogens is 768 g/mol. The first-order valence-corrected chi connectivity index (χ1v) is 19.4. The molecule has 2 aromatic carbocycles. The van der Waals surface area contributed by atoms with Gasteiger partial charge in [-0.25, -0.2) is 14.4 Å². The number of hydrogen-bond acceptors (Lipinski definition) is 11. The lowest BCUT2D eigenvalue weighted by molar-refractivity contribution is -0.133. The molecule has 0 saturated carbocycles. The summed E-state index contributed by atoms with van der Waals surface area (Å²) in [6.07, 6.45) is -4.76. The molecule has 2 aromatic rings. The van der Waals surface area contributed by atoms with Gasteiger partial charge in [-0.15, -0.1) is 0 Å². The molecule has 1 aliphatic heterocycles. The third kappa shape index (κ3) is 15.5. The molecular formula is C41H60N6O12. The van der Waals surface area contributed by atoms with Crippen molar-refractivity contribution in [2.24, 2.45) is 0 Å². The van der Waals surface area contributed by atoms with E-state index in [-0.39, 0.29) is 67.9 Å². The van der Waals surface area contributed by atoms with Crippen LogP contribution in [0.5, 0.6) is 11.5 Å². The summed E-state index contributed by atoms with van der Waals surface area (Å²) in [5.74, 6) is -2.87. The van der Waals surface area contributed by atoms with Crippen LogP contribution < -0.4 is 26.6 Å². The van der Waals surface area contributed by atoms with Crippen molar-refractivity contribution in [1.82, 2.24) is 31.5 Å². The number of alkyl carbamates (subject to hydrolysis) is 2.